The number of benzene rings is 1. The quantitative estimate of drug-likeness (QED) is 0.360. The van der Waals surface area contributed by atoms with Gasteiger partial charge in [-0.3, -0.25) is 5.84 Å². The van der Waals surface area contributed by atoms with Crippen molar-refractivity contribution < 1.29 is 19.1 Å². The predicted octanol–water partition coefficient (Wildman–Crippen LogP) is 0.903. The fourth-order valence-corrected chi connectivity index (χ4v) is 0.608. The first kappa shape index (κ1) is 12.0. The molecule has 1 rings (SSSR count). The van der Waals surface area contributed by atoms with Crippen LogP contribution in [0.5, 0.6) is 0 Å². The van der Waals surface area contributed by atoms with Gasteiger partial charge in [-0.05, 0) is 12.1 Å². The Morgan fingerprint density at radius 3 is 2.36 bits per heavy atom. The number of nitrogens with two attached hydrogens (primary N) is 1. The Balaban J connectivity index is 0.000000364. The summed E-state index contributed by atoms with van der Waals surface area (Å²) in [4.78, 5) is 8.36. The fourth-order valence-electron chi connectivity index (χ4n) is 0.608. The molecule has 0 bridgehead atoms. The molecule has 0 saturated heterocycles. The molecule has 0 fully saturated rings. The van der Waals surface area contributed by atoms with E-state index in [1.807, 2.05) is 5.43 Å². The highest BCUT2D eigenvalue weighted by molar-refractivity contribution is 5.43. The summed E-state index contributed by atoms with van der Waals surface area (Å²) in [5, 5.41) is 13.6. The maximum Gasteiger partial charge on any atom is 0.291 e. The van der Waals surface area contributed by atoms with Gasteiger partial charge in [-0.15, -0.1) is 10.1 Å². The van der Waals surface area contributed by atoms with E-state index in [0.717, 1.165) is 18.2 Å². The monoisotopic (exact) mass is 207 g/mol. The van der Waals surface area contributed by atoms with Crippen molar-refractivity contribution in [3.05, 3.63) is 39.9 Å². The number of hydrazine groups is 1. The van der Waals surface area contributed by atoms with Gasteiger partial charge in [0.25, 0.3) is 5.09 Å². The molecule has 0 unspecified atom stereocenters. The largest absolute Gasteiger partial charge is 0.328 e. The number of nitrogens with one attached hydrogen (secondary N) is 1. The third-order valence-corrected chi connectivity index (χ3v) is 1.08. The highest BCUT2D eigenvalue weighted by atomic mass is 19.1. The minimum atomic E-state index is -1.50. The number of hydrogen-bond acceptors (Lipinski definition) is 4. The topological polar surface area (TPSA) is 101 Å². The molecule has 0 amide bonds. The van der Waals surface area contributed by atoms with Crippen LogP contribution >= 0.6 is 0 Å². The van der Waals surface area contributed by atoms with E-state index in [4.69, 9.17) is 21.2 Å². The van der Waals surface area contributed by atoms with E-state index in [9.17, 15) is 8.78 Å². The van der Waals surface area contributed by atoms with E-state index in [0.29, 0.717) is 0 Å². The molecule has 1 aromatic rings. The van der Waals surface area contributed by atoms with E-state index in [1.54, 1.807) is 0 Å². The first-order valence-corrected chi connectivity index (χ1v) is 3.22. The van der Waals surface area contributed by atoms with Crippen molar-refractivity contribution in [3.63, 3.8) is 0 Å². The average molecular weight is 207 g/mol. The standard InChI is InChI=1S/C6H6F2N2.HNO3/c7-4-1-2-5(8)6(3-4)10-9;2-1(3)4/h1-3,10H,9H2;(H,2,3,4). The number of hydrogen-bond donors (Lipinski definition) is 3. The molecule has 78 valence electrons. The second-order valence-corrected chi connectivity index (χ2v) is 2.01. The van der Waals surface area contributed by atoms with Gasteiger partial charge >= 0.3 is 0 Å². The molecule has 0 spiro atoms. The molecule has 0 aliphatic rings. The van der Waals surface area contributed by atoms with Gasteiger partial charge in [0.05, 0.1) is 5.69 Å². The third kappa shape index (κ3) is 4.83. The lowest BCUT2D eigenvalue weighted by atomic mass is 10.3. The van der Waals surface area contributed by atoms with Gasteiger partial charge in [0, 0.05) is 6.07 Å². The van der Waals surface area contributed by atoms with Crippen LogP contribution in [0.15, 0.2) is 18.2 Å². The third-order valence-electron chi connectivity index (χ3n) is 1.08. The van der Waals surface area contributed by atoms with Crippen molar-refractivity contribution >= 4 is 5.69 Å². The molecule has 4 N–H and O–H groups in total. The van der Waals surface area contributed by atoms with Gasteiger partial charge in [-0.2, -0.15) is 0 Å². The SMILES string of the molecule is NNc1cc(F)ccc1F.O=[N+]([O-])O. The number of nitrogens with zero attached hydrogens (tertiary/aromatic N) is 1. The van der Waals surface area contributed by atoms with Gasteiger partial charge in [0.2, 0.25) is 0 Å². The Kier molecular flexibility index (Phi) is 4.86. The summed E-state index contributed by atoms with van der Waals surface area (Å²) < 4.78 is 24.7. The maximum absolute atomic E-state index is 12.5. The van der Waals surface area contributed by atoms with Crippen molar-refractivity contribution in [3.8, 4) is 0 Å². The van der Waals surface area contributed by atoms with Crippen LogP contribution in [0.3, 0.4) is 0 Å². The Morgan fingerprint density at radius 2 is 2.00 bits per heavy atom. The van der Waals surface area contributed by atoms with Crippen molar-refractivity contribution in [2.24, 2.45) is 5.84 Å². The minimum Gasteiger partial charge on any atom is -0.328 e. The molecule has 14 heavy (non-hydrogen) atoms. The summed E-state index contributed by atoms with van der Waals surface area (Å²) in [5.74, 6) is 3.78. The average Bonchev–Trinajstić information content (AvgIpc) is 2.08. The van der Waals surface area contributed by atoms with E-state index in [2.05, 4.69) is 0 Å². The van der Waals surface area contributed by atoms with Gasteiger partial charge in [0.15, 0.2) is 0 Å². The van der Waals surface area contributed by atoms with Crippen LogP contribution in [-0.4, -0.2) is 10.3 Å². The second-order valence-electron chi connectivity index (χ2n) is 2.01. The van der Waals surface area contributed by atoms with E-state index in [-0.39, 0.29) is 5.69 Å². The van der Waals surface area contributed by atoms with Crippen LogP contribution in [0.2, 0.25) is 0 Å². The van der Waals surface area contributed by atoms with E-state index < -0.39 is 16.7 Å². The number of halogens is 2. The van der Waals surface area contributed by atoms with Gasteiger partial charge in [-0.1, -0.05) is 0 Å². The van der Waals surface area contributed by atoms with Gasteiger partial charge < -0.3 is 10.6 Å². The Bertz CT molecular complexity index is 317. The van der Waals surface area contributed by atoms with Crippen molar-refractivity contribution in [1.82, 2.24) is 0 Å². The normalized spacial score (nSPS) is 8.50. The first-order chi connectivity index (χ1) is 6.47. The summed E-state index contributed by atoms with van der Waals surface area (Å²) in [6.45, 7) is 0. The lowest BCUT2D eigenvalue weighted by Crippen LogP contribution is -2.08. The molecule has 0 atom stereocenters. The summed E-state index contributed by atoms with van der Waals surface area (Å²) in [6.07, 6.45) is 0. The Morgan fingerprint density at radius 1 is 1.50 bits per heavy atom. The zero-order valence-electron chi connectivity index (χ0n) is 6.78. The number of nitrogen functional groups attached to an aromatic ring is 1. The Labute approximate surface area is 77.0 Å². The molecule has 0 heterocycles. The van der Waals surface area contributed by atoms with Gasteiger partial charge in [0.1, 0.15) is 11.6 Å². The lowest BCUT2D eigenvalue weighted by molar-refractivity contribution is -0.742. The summed E-state index contributed by atoms with van der Waals surface area (Å²) in [5.41, 5.74) is 1.98. The van der Waals surface area contributed by atoms with Crippen LogP contribution < -0.4 is 11.3 Å². The zero-order valence-corrected chi connectivity index (χ0v) is 6.78. The van der Waals surface area contributed by atoms with E-state index in [1.165, 1.54) is 0 Å². The Hall–Kier alpha value is -1.96. The van der Waals surface area contributed by atoms with Crippen LogP contribution in [0, 0.1) is 21.7 Å². The molecule has 0 aliphatic carbocycles. The van der Waals surface area contributed by atoms with Crippen LogP contribution in [-0.2, 0) is 0 Å². The summed E-state index contributed by atoms with van der Waals surface area (Å²) >= 11 is 0. The molecule has 6 nitrogen and oxygen atoms in total. The minimum absolute atomic E-state index is 0.0417. The highest BCUT2D eigenvalue weighted by Gasteiger charge is 1.99. The molecular weight excluding hydrogens is 200 g/mol. The fraction of sp³-hybridized carbons (Fsp3) is 0. The predicted molar refractivity (Wildman–Crippen MR) is 42.9 cm³/mol. The number of rotatable bonds is 1. The van der Waals surface area contributed by atoms with Crippen LogP contribution in [0.4, 0.5) is 14.5 Å². The van der Waals surface area contributed by atoms with Gasteiger partial charge in [-0.25, -0.2) is 8.78 Å². The highest BCUT2D eigenvalue weighted by Crippen LogP contribution is 2.12. The van der Waals surface area contributed by atoms with E-state index >= 15 is 0 Å². The molecule has 0 aliphatic heterocycles. The smallest absolute Gasteiger partial charge is 0.291 e. The maximum atomic E-state index is 12.5. The first-order valence-electron chi connectivity index (χ1n) is 3.22. The molecule has 0 radical (unpaired) electrons. The molecular formula is C6H7F2N3O3. The molecule has 0 aromatic heterocycles. The van der Waals surface area contributed by atoms with Crippen LogP contribution in [0.25, 0.3) is 0 Å². The summed E-state index contributed by atoms with van der Waals surface area (Å²) in [7, 11) is 0. The zero-order chi connectivity index (χ0) is 11.1. The second kappa shape index (κ2) is 5.65. The van der Waals surface area contributed by atoms with Crippen molar-refractivity contribution in [2.75, 3.05) is 5.43 Å². The van der Waals surface area contributed by atoms with Crippen molar-refractivity contribution in [1.29, 1.82) is 0 Å². The van der Waals surface area contributed by atoms with Crippen LogP contribution in [0.1, 0.15) is 0 Å². The number of anilines is 1. The molecule has 0 saturated carbocycles. The van der Waals surface area contributed by atoms with Crippen molar-refractivity contribution in [2.45, 2.75) is 0 Å². The summed E-state index contributed by atoms with van der Waals surface area (Å²) in [6, 6.07) is 3.01. The molecule has 1 aromatic carbocycles. The molecule has 8 heteroatoms. The lowest BCUT2D eigenvalue weighted by Gasteiger charge is -1.99.